The minimum Gasteiger partial charge on any atom is -0.408 e. The summed E-state index contributed by atoms with van der Waals surface area (Å²) in [5, 5.41) is 0.258. The van der Waals surface area contributed by atoms with E-state index in [9.17, 15) is 0 Å². The summed E-state index contributed by atoms with van der Waals surface area (Å²) in [5.41, 5.74) is 0.359. The summed E-state index contributed by atoms with van der Waals surface area (Å²) < 4.78 is 5.68. The lowest BCUT2D eigenvalue weighted by Crippen LogP contribution is -2.20. The highest BCUT2D eigenvalue weighted by Crippen LogP contribution is 2.25. The predicted molar refractivity (Wildman–Crippen MR) is 56.7 cm³/mol. The maximum atomic E-state index is 5.68. The standard InChI is InChI=1S/C8H19BrOSi/c1-8(2,3)6-7(9)10-11(4)5/h7,11H,6H2,1-5H3. The van der Waals surface area contributed by atoms with Crippen LogP contribution in [0.1, 0.15) is 27.2 Å². The van der Waals surface area contributed by atoms with Crippen molar-refractivity contribution in [3.05, 3.63) is 0 Å². The highest BCUT2D eigenvalue weighted by molar-refractivity contribution is 9.09. The summed E-state index contributed by atoms with van der Waals surface area (Å²) in [5.74, 6) is 0. The van der Waals surface area contributed by atoms with Crippen molar-refractivity contribution in [2.45, 2.75) is 45.3 Å². The highest BCUT2D eigenvalue weighted by atomic mass is 79.9. The van der Waals surface area contributed by atoms with Crippen LogP contribution in [0.15, 0.2) is 0 Å². The van der Waals surface area contributed by atoms with Gasteiger partial charge in [0.1, 0.15) is 5.01 Å². The van der Waals surface area contributed by atoms with E-state index in [-0.39, 0.29) is 5.01 Å². The number of hydrogen-bond donors (Lipinski definition) is 0. The summed E-state index contributed by atoms with van der Waals surface area (Å²) >= 11 is 3.53. The molecule has 0 aliphatic rings. The van der Waals surface area contributed by atoms with Gasteiger partial charge in [-0.1, -0.05) is 36.7 Å². The topological polar surface area (TPSA) is 9.23 Å². The molecule has 0 saturated carbocycles. The van der Waals surface area contributed by atoms with Gasteiger partial charge < -0.3 is 4.43 Å². The van der Waals surface area contributed by atoms with Crippen LogP contribution in [0.3, 0.4) is 0 Å². The van der Waals surface area contributed by atoms with Crippen molar-refractivity contribution in [1.82, 2.24) is 0 Å². The summed E-state index contributed by atoms with van der Waals surface area (Å²) in [6.07, 6.45) is 1.08. The highest BCUT2D eigenvalue weighted by Gasteiger charge is 2.17. The van der Waals surface area contributed by atoms with E-state index in [1.165, 1.54) is 0 Å². The second-order valence-electron chi connectivity index (χ2n) is 4.36. The first-order valence-electron chi connectivity index (χ1n) is 4.11. The molecule has 0 aromatic heterocycles. The largest absolute Gasteiger partial charge is 0.408 e. The van der Waals surface area contributed by atoms with E-state index in [2.05, 4.69) is 49.8 Å². The molecule has 0 aliphatic heterocycles. The molecule has 0 spiro atoms. The zero-order valence-corrected chi connectivity index (χ0v) is 10.9. The Labute approximate surface area is 80.4 Å². The minimum absolute atomic E-state index is 0.258. The fourth-order valence-corrected chi connectivity index (χ4v) is 3.78. The SMILES string of the molecule is C[SiH](C)OC(Br)CC(C)(C)C. The molecular weight excluding hydrogens is 220 g/mol. The van der Waals surface area contributed by atoms with Crippen molar-refractivity contribution in [3.8, 4) is 0 Å². The molecule has 0 aromatic carbocycles. The van der Waals surface area contributed by atoms with Crippen LogP contribution in [0.25, 0.3) is 0 Å². The third kappa shape index (κ3) is 8.56. The molecule has 68 valence electrons. The van der Waals surface area contributed by atoms with Crippen molar-refractivity contribution in [2.75, 3.05) is 0 Å². The lowest BCUT2D eigenvalue weighted by Gasteiger charge is -2.23. The first-order valence-corrected chi connectivity index (χ1v) is 7.80. The molecule has 0 radical (unpaired) electrons. The molecule has 0 aromatic rings. The third-order valence-electron chi connectivity index (χ3n) is 1.19. The van der Waals surface area contributed by atoms with Gasteiger partial charge in [0.2, 0.25) is 0 Å². The number of rotatable bonds is 3. The third-order valence-corrected chi connectivity index (χ3v) is 3.00. The summed E-state index contributed by atoms with van der Waals surface area (Å²) in [6, 6.07) is 0. The van der Waals surface area contributed by atoms with E-state index < -0.39 is 9.04 Å². The first kappa shape index (κ1) is 11.7. The van der Waals surface area contributed by atoms with Crippen LogP contribution >= 0.6 is 15.9 Å². The Balaban J connectivity index is 3.61. The Hall–Kier alpha value is 0.657. The second-order valence-corrected chi connectivity index (χ2v) is 7.75. The van der Waals surface area contributed by atoms with Crippen LogP contribution in [0.5, 0.6) is 0 Å². The fraction of sp³-hybridized carbons (Fsp3) is 1.00. The summed E-state index contributed by atoms with van der Waals surface area (Å²) in [4.78, 5) is 0. The first-order chi connectivity index (χ1) is 4.81. The smallest absolute Gasteiger partial charge is 0.172 e. The van der Waals surface area contributed by atoms with E-state index >= 15 is 0 Å². The van der Waals surface area contributed by atoms with Gasteiger partial charge in [-0.2, -0.15) is 0 Å². The molecule has 0 bridgehead atoms. The Morgan fingerprint density at radius 3 is 2.09 bits per heavy atom. The van der Waals surface area contributed by atoms with Gasteiger partial charge in [-0.25, -0.2) is 0 Å². The van der Waals surface area contributed by atoms with Crippen molar-refractivity contribution in [3.63, 3.8) is 0 Å². The molecule has 3 heteroatoms. The second kappa shape index (κ2) is 4.63. The van der Waals surface area contributed by atoms with Crippen LogP contribution in [-0.4, -0.2) is 14.1 Å². The summed E-state index contributed by atoms with van der Waals surface area (Å²) in [6.45, 7) is 11.1. The Bertz CT molecular complexity index is 109. The maximum Gasteiger partial charge on any atom is 0.172 e. The van der Waals surface area contributed by atoms with Crippen LogP contribution in [0, 0.1) is 5.41 Å². The van der Waals surface area contributed by atoms with Crippen molar-refractivity contribution in [2.24, 2.45) is 5.41 Å². The van der Waals surface area contributed by atoms with Gasteiger partial charge in [-0.3, -0.25) is 0 Å². The molecule has 0 saturated heterocycles. The molecule has 1 atom stereocenters. The van der Waals surface area contributed by atoms with Crippen LogP contribution < -0.4 is 0 Å². The maximum absolute atomic E-state index is 5.68. The van der Waals surface area contributed by atoms with Gasteiger partial charge in [0.15, 0.2) is 9.04 Å². The Kier molecular flexibility index (Phi) is 4.90. The lowest BCUT2D eigenvalue weighted by atomic mass is 9.93. The number of hydrogen-bond acceptors (Lipinski definition) is 1. The van der Waals surface area contributed by atoms with Crippen molar-refractivity contribution in [1.29, 1.82) is 0 Å². The molecule has 0 heterocycles. The molecule has 0 fully saturated rings. The van der Waals surface area contributed by atoms with Crippen LogP contribution in [-0.2, 0) is 4.43 Å². The van der Waals surface area contributed by atoms with E-state index in [0.29, 0.717) is 5.41 Å². The van der Waals surface area contributed by atoms with Crippen LogP contribution in [0.4, 0.5) is 0 Å². The molecular formula is C8H19BrOSi. The summed E-state index contributed by atoms with van der Waals surface area (Å²) in [7, 11) is -0.865. The van der Waals surface area contributed by atoms with Gasteiger partial charge >= 0.3 is 0 Å². The molecule has 0 rings (SSSR count). The van der Waals surface area contributed by atoms with E-state index in [1.54, 1.807) is 0 Å². The minimum atomic E-state index is -0.865. The lowest BCUT2D eigenvalue weighted by molar-refractivity contribution is 0.223. The van der Waals surface area contributed by atoms with Gasteiger partial charge in [0.25, 0.3) is 0 Å². The normalized spacial score (nSPS) is 15.5. The molecule has 11 heavy (non-hydrogen) atoms. The fourth-order valence-electron chi connectivity index (χ4n) is 0.825. The average molecular weight is 239 g/mol. The molecule has 0 N–H and O–H groups in total. The average Bonchev–Trinajstić information content (AvgIpc) is 1.53. The van der Waals surface area contributed by atoms with Crippen molar-refractivity contribution < 1.29 is 4.43 Å². The monoisotopic (exact) mass is 238 g/mol. The number of halogens is 1. The quantitative estimate of drug-likeness (QED) is 0.543. The molecule has 1 unspecified atom stereocenters. The van der Waals surface area contributed by atoms with E-state index in [0.717, 1.165) is 6.42 Å². The van der Waals surface area contributed by atoms with Gasteiger partial charge in [0, 0.05) is 0 Å². The van der Waals surface area contributed by atoms with Gasteiger partial charge in [-0.15, -0.1) is 0 Å². The molecule has 1 nitrogen and oxygen atoms in total. The van der Waals surface area contributed by atoms with E-state index in [4.69, 9.17) is 4.43 Å². The molecule has 0 aliphatic carbocycles. The Morgan fingerprint density at radius 2 is 1.82 bits per heavy atom. The molecule has 0 amide bonds. The zero-order valence-electron chi connectivity index (χ0n) is 8.15. The van der Waals surface area contributed by atoms with Crippen molar-refractivity contribution >= 4 is 25.0 Å². The zero-order chi connectivity index (χ0) is 9.07. The van der Waals surface area contributed by atoms with Crippen LogP contribution in [0.2, 0.25) is 13.1 Å². The van der Waals surface area contributed by atoms with Gasteiger partial charge in [0.05, 0.1) is 0 Å². The number of alkyl halides is 1. The van der Waals surface area contributed by atoms with Gasteiger partial charge in [-0.05, 0) is 24.9 Å². The Morgan fingerprint density at radius 1 is 1.36 bits per heavy atom. The predicted octanol–water partition coefficient (Wildman–Crippen LogP) is 3.14. The van der Waals surface area contributed by atoms with E-state index in [1.807, 2.05) is 0 Å².